The average Bonchev–Trinajstić information content (AvgIpc) is 2.76. The molecule has 0 spiro atoms. The molecule has 0 bridgehead atoms. The van der Waals surface area contributed by atoms with Gasteiger partial charge in [0.2, 0.25) is 6.04 Å². The van der Waals surface area contributed by atoms with Gasteiger partial charge in [-0.1, -0.05) is 23.2 Å². The quantitative estimate of drug-likeness (QED) is 0.324. The Kier molecular flexibility index (Phi) is 9.74. The number of anilines is 1. The number of carbonyl (C=O) groups is 2. The zero-order valence-corrected chi connectivity index (χ0v) is 20.4. The van der Waals surface area contributed by atoms with Gasteiger partial charge in [0.25, 0.3) is 5.91 Å². The van der Waals surface area contributed by atoms with Crippen LogP contribution in [-0.2, 0) is 9.59 Å². The van der Waals surface area contributed by atoms with Crippen LogP contribution in [0.1, 0.15) is 20.8 Å². The summed E-state index contributed by atoms with van der Waals surface area (Å²) in [4.78, 5) is 25.2. The van der Waals surface area contributed by atoms with Crippen LogP contribution in [0.4, 0.5) is 11.4 Å². The molecule has 1 amide bonds. The zero-order chi connectivity index (χ0) is 24.5. The Hall–Kier alpha value is -3.04. The molecule has 1 atom stereocenters. The number of ether oxygens (including phenoxy) is 4. The van der Waals surface area contributed by atoms with E-state index in [9.17, 15) is 9.59 Å². The van der Waals surface area contributed by atoms with Crippen LogP contribution in [0.3, 0.4) is 0 Å². The minimum absolute atomic E-state index is 0.142. The van der Waals surface area contributed by atoms with Gasteiger partial charge in [0.05, 0.1) is 38.1 Å². The standard InChI is InChI=1S/C22H25Cl2N3O6/c1-6-32-17-11-13(23)10-15(21(17)33-7-2)25-22(29)18(12(3)28)26-27-19-16(30-4)9-8-14(24)20(19)31-5/h8-11,18H,6-7H2,1-5H3,(H,25,29). The molecule has 9 nitrogen and oxygen atoms in total. The maximum Gasteiger partial charge on any atom is 0.258 e. The van der Waals surface area contributed by atoms with E-state index in [1.54, 1.807) is 32.0 Å². The first-order chi connectivity index (χ1) is 15.8. The molecule has 178 valence electrons. The molecule has 0 saturated heterocycles. The molecule has 0 aliphatic rings. The summed E-state index contributed by atoms with van der Waals surface area (Å²) in [5, 5.41) is 11.2. The van der Waals surface area contributed by atoms with E-state index in [1.165, 1.54) is 27.2 Å². The van der Waals surface area contributed by atoms with Crippen molar-refractivity contribution in [2.75, 3.05) is 32.8 Å². The molecule has 2 aromatic carbocycles. The first-order valence-corrected chi connectivity index (χ1v) is 10.7. The van der Waals surface area contributed by atoms with Crippen LogP contribution < -0.4 is 24.3 Å². The number of hydrogen-bond acceptors (Lipinski definition) is 8. The number of azo groups is 1. The van der Waals surface area contributed by atoms with Crippen LogP contribution in [0, 0.1) is 0 Å². The average molecular weight is 498 g/mol. The number of hydrogen-bond donors (Lipinski definition) is 1. The third kappa shape index (κ3) is 6.49. The Labute approximate surface area is 202 Å². The molecule has 0 saturated carbocycles. The molecular formula is C22H25Cl2N3O6. The number of amides is 1. The van der Waals surface area contributed by atoms with E-state index in [0.717, 1.165) is 0 Å². The molecular weight excluding hydrogens is 473 g/mol. The lowest BCUT2D eigenvalue weighted by atomic mass is 10.2. The molecule has 33 heavy (non-hydrogen) atoms. The Morgan fingerprint density at radius 3 is 2.27 bits per heavy atom. The molecule has 1 N–H and O–H groups in total. The summed E-state index contributed by atoms with van der Waals surface area (Å²) in [6.45, 7) is 5.49. The van der Waals surface area contributed by atoms with Crippen molar-refractivity contribution in [1.29, 1.82) is 0 Å². The fraction of sp³-hybridized carbons (Fsp3) is 0.364. The minimum atomic E-state index is -1.47. The number of ketones is 1. The number of benzene rings is 2. The van der Waals surface area contributed by atoms with Gasteiger partial charge in [-0.3, -0.25) is 9.59 Å². The van der Waals surface area contributed by atoms with Gasteiger partial charge in [0.15, 0.2) is 28.7 Å². The van der Waals surface area contributed by atoms with Crippen molar-refractivity contribution in [3.63, 3.8) is 0 Å². The lowest BCUT2D eigenvalue weighted by Gasteiger charge is -2.17. The lowest BCUT2D eigenvalue weighted by molar-refractivity contribution is -0.126. The first-order valence-electron chi connectivity index (χ1n) is 9.99. The van der Waals surface area contributed by atoms with Crippen LogP contribution in [-0.4, -0.2) is 45.2 Å². The number of nitrogens with one attached hydrogen (secondary N) is 1. The van der Waals surface area contributed by atoms with E-state index in [4.69, 9.17) is 42.1 Å². The molecule has 0 radical (unpaired) electrons. The van der Waals surface area contributed by atoms with Gasteiger partial charge < -0.3 is 24.3 Å². The third-order valence-corrected chi connectivity index (χ3v) is 4.76. The number of carbonyl (C=O) groups excluding carboxylic acids is 2. The van der Waals surface area contributed by atoms with Gasteiger partial charge in [-0.2, -0.15) is 5.11 Å². The van der Waals surface area contributed by atoms with Crippen LogP contribution in [0.2, 0.25) is 10.0 Å². The highest BCUT2D eigenvalue weighted by Gasteiger charge is 2.26. The first kappa shape index (κ1) is 26.2. The third-order valence-electron chi connectivity index (χ3n) is 4.24. The van der Waals surface area contributed by atoms with Crippen molar-refractivity contribution < 1.29 is 28.5 Å². The molecule has 11 heteroatoms. The van der Waals surface area contributed by atoms with Crippen LogP contribution in [0.5, 0.6) is 23.0 Å². The second kappa shape index (κ2) is 12.3. The minimum Gasteiger partial charge on any atom is -0.494 e. The number of halogens is 2. The van der Waals surface area contributed by atoms with Gasteiger partial charge >= 0.3 is 0 Å². The summed E-state index contributed by atoms with van der Waals surface area (Å²) < 4.78 is 21.7. The van der Waals surface area contributed by atoms with E-state index >= 15 is 0 Å². The Morgan fingerprint density at radius 2 is 1.70 bits per heavy atom. The molecule has 2 rings (SSSR count). The maximum atomic E-state index is 13.0. The van der Waals surface area contributed by atoms with Gasteiger partial charge in [0, 0.05) is 11.1 Å². The summed E-state index contributed by atoms with van der Waals surface area (Å²) in [7, 11) is 2.83. The summed E-state index contributed by atoms with van der Waals surface area (Å²) in [5.74, 6) is -0.140. The van der Waals surface area contributed by atoms with E-state index < -0.39 is 17.7 Å². The molecule has 1 unspecified atom stereocenters. The monoisotopic (exact) mass is 497 g/mol. The molecule has 0 fully saturated rings. The van der Waals surface area contributed by atoms with E-state index in [2.05, 4.69) is 15.5 Å². The summed E-state index contributed by atoms with van der Waals surface area (Å²) in [6, 6.07) is 4.73. The molecule has 0 aliphatic heterocycles. The second-order valence-corrected chi connectivity index (χ2v) is 7.34. The largest absolute Gasteiger partial charge is 0.494 e. The predicted molar refractivity (Wildman–Crippen MR) is 126 cm³/mol. The van der Waals surface area contributed by atoms with E-state index in [1.807, 2.05) is 0 Å². The summed E-state index contributed by atoms with van der Waals surface area (Å²) in [5.41, 5.74) is 0.375. The fourth-order valence-corrected chi connectivity index (χ4v) is 3.27. The van der Waals surface area contributed by atoms with E-state index in [0.29, 0.717) is 29.7 Å². The predicted octanol–water partition coefficient (Wildman–Crippen LogP) is 5.49. The Morgan fingerprint density at radius 1 is 1.00 bits per heavy atom. The highest BCUT2D eigenvalue weighted by atomic mass is 35.5. The Bertz CT molecular complexity index is 1050. The Balaban J connectivity index is 2.43. The van der Waals surface area contributed by atoms with Gasteiger partial charge in [0.1, 0.15) is 5.75 Å². The summed E-state index contributed by atoms with van der Waals surface area (Å²) in [6.07, 6.45) is 0. The highest BCUT2D eigenvalue weighted by Crippen LogP contribution is 2.43. The van der Waals surface area contributed by atoms with Crippen molar-refractivity contribution >= 4 is 46.3 Å². The SMILES string of the molecule is CCOc1cc(Cl)cc(NC(=O)C(N=Nc2c(OC)ccc(Cl)c2OC)C(C)=O)c1OCC. The zero-order valence-electron chi connectivity index (χ0n) is 18.9. The normalized spacial score (nSPS) is 11.7. The van der Waals surface area contributed by atoms with Crippen molar-refractivity contribution in [2.24, 2.45) is 10.2 Å². The van der Waals surface area contributed by atoms with Crippen molar-refractivity contribution in [2.45, 2.75) is 26.8 Å². The highest BCUT2D eigenvalue weighted by molar-refractivity contribution is 6.32. The molecule has 2 aromatic rings. The molecule has 0 aliphatic carbocycles. The number of methoxy groups -OCH3 is 2. The van der Waals surface area contributed by atoms with Crippen molar-refractivity contribution in [1.82, 2.24) is 0 Å². The number of Topliss-reactive ketones (excluding diaryl/α,β-unsaturated/α-hetero) is 1. The van der Waals surface area contributed by atoms with Crippen molar-refractivity contribution in [3.8, 4) is 23.0 Å². The fourth-order valence-electron chi connectivity index (χ4n) is 2.83. The molecule has 0 heterocycles. The van der Waals surface area contributed by atoms with Gasteiger partial charge in [-0.15, -0.1) is 5.11 Å². The van der Waals surface area contributed by atoms with Crippen LogP contribution in [0.15, 0.2) is 34.5 Å². The number of nitrogens with zero attached hydrogens (tertiary/aromatic N) is 2. The smallest absolute Gasteiger partial charge is 0.258 e. The topological polar surface area (TPSA) is 108 Å². The maximum absolute atomic E-state index is 13.0. The second-order valence-electron chi connectivity index (χ2n) is 6.50. The summed E-state index contributed by atoms with van der Waals surface area (Å²) >= 11 is 12.3. The van der Waals surface area contributed by atoms with Crippen molar-refractivity contribution in [3.05, 3.63) is 34.3 Å². The van der Waals surface area contributed by atoms with Crippen LogP contribution >= 0.6 is 23.2 Å². The van der Waals surface area contributed by atoms with E-state index in [-0.39, 0.29) is 27.9 Å². The van der Waals surface area contributed by atoms with Gasteiger partial charge in [-0.05, 0) is 39.0 Å². The van der Waals surface area contributed by atoms with Crippen LogP contribution in [0.25, 0.3) is 0 Å². The van der Waals surface area contributed by atoms with Gasteiger partial charge in [-0.25, -0.2) is 0 Å². The number of rotatable bonds is 11. The lowest BCUT2D eigenvalue weighted by Crippen LogP contribution is -2.32. The molecule has 0 aromatic heterocycles.